The van der Waals surface area contributed by atoms with Gasteiger partial charge in [0.1, 0.15) is 23.9 Å². The van der Waals surface area contributed by atoms with E-state index in [2.05, 4.69) is 10.6 Å². The van der Waals surface area contributed by atoms with Crippen LogP contribution in [0, 0.1) is 0 Å². The largest absolute Gasteiger partial charge is 0.508 e. The van der Waals surface area contributed by atoms with Crippen LogP contribution in [-0.4, -0.2) is 86.8 Å². The van der Waals surface area contributed by atoms with Gasteiger partial charge in [0.05, 0.1) is 12.6 Å². The highest BCUT2D eigenvalue weighted by atomic mass is 16.4. The number of benzene rings is 1. The highest BCUT2D eigenvalue weighted by Gasteiger charge is 2.30. The van der Waals surface area contributed by atoms with Crippen molar-refractivity contribution < 1.29 is 49.2 Å². The Bertz CT molecular complexity index is 985. The van der Waals surface area contributed by atoms with Crippen molar-refractivity contribution in [2.45, 2.75) is 56.3 Å². The molecule has 0 heterocycles. The molecule has 37 heavy (non-hydrogen) atoms. The summed E-state index contributed by atoms with van der Waals surface area (Å²) in [7, 11) is 0. The van der Waals surface area contributed by atoms with Crippen LogP contribution < -0.4 is 27.4 Å². The second-order valence-corrected chi connectivity index (χ2v) is 8.12. The number of nitrogens with two attached hydrogens (primary N) is 2. The molecule has 0 fully saturated rings. The van der Waals surface area contributed by atoms with E-state index in [0.29, 0.717) is 5.56 Å². The Morgan fingerprint density at radius 3 is 1.84 bits per heavy atom. The molecule has 15 heteroatoms. The number of amides is 4. The Labute approximate surface area is 211 Å². The second-order valence-electron chi connectivity index (χ2n) is 8.12. The molecule has 0 bridgehead atoms. The molecular weight excluding hydrogens is 494 g/mol. The van der Waals surface area contributed by atoms with Gasteiger partial charge in [0.25, 0.3) is 0 Å². The van der Waals surface area contributed by atoms with Gasteiger partial charge in [-0.3, -0.25) is 24.0 Å². The SMILES string of the molecule is NC(=O)CCC(N)C(=O)NC(Cc1ccc(O)cc1)C(=O)NC(CCC(=O)O)C(=O)NC(CO)C(=O)O. The first-order valence-corrected chi connectivity index (χ1v) is 11.1. The van der Waals surface area contributed by atoms with Crippen molar-refractivity contribution in [2.24, 2.45) is 11.5 Å². The van der Waals surface area contributed by atoms with Gasteiger partial charge in [-0.2, -0.15) is 0 Å². The monoisotopic (exact) mass is 525 g/mol. The van der Waals surface area contributed by atoms with Crippen molar-refractivity contribution in [1.29, 1.82) is 0 Å². The number of rotatable bonds is 16. The molecule has 0 spiro atoms. The van der Waals surface area contributed by atoms with E-state index in [4.69, 9.17) is 26.8 Å². The predicted molar refractivity (Wildman–Crippen MR) is 126 cm³/mol. The van der Waals surface area contributed by atoms with Crippen molar-refractivity contribution in [3.05, 3.63) is 29.8 Å². The lowest BCUT2D eigenvalue weighted by atomic mass is 10.0. The first-order chi connectivity index (χ1) is 17.3. The summed E-state index contributed by atoms with van der Waals surface area (Å²) < 4.78 is 0. The quantitative estimate of drug-likeness (QED) is 0.104. The van der Waals surface area contributed by atoms with E-state index in [1.165, 1.54) is 24.3 Å². The summed E-state index contributed by atoms with van der Waals surface area (Å²) in [5.41, 5.74) is 11.3. The minimum atomic E-state index is -1.70. The molecule has 0 aliphatic heterocycles. The van der Waals surface area contributed by atoms with Gasteiger partial charge >= 0.3 is 11.9 Å². The Balaban J connectivity index is 3.13. The van der Waals surface area contributed by atoms with Crippen molar-refractivity contribution in [3.63, 3.8) is 0 Å². The summed E-state index contributed by atoms with van der Waals surface area (Å²) >= 11 is 0. The van der Waals surface area contributed by atoms with E-state index in [9.17, 15) is 33.9 Å². The fourth-order valence-electron chi connectivity index (χ4n) is 3.05. The number of aromatic hydroxyl groups is 1. The molecule has 15 nitrogen and oxygen atoms in total. The van der Waals surface area contributed by atoms with Gasteiger partial charge in [0.2, 0.25) is 23.6 Å². The lowest BCUT2D eigenvalue weighted by Crippen LogP contribution is -2.58. The topological polar surface area (TPSA) is 271 Å². The third-order valence-electron chi connectivity index (χ3n) is 5.12. The highest BCUT2D eigenvalue weighted by Crippen LogP contribution is 2.12. The van der Waals surface area contributed by atoms with E-state index >= 15 is 0 Å². The number of aliphatic hydroxyl groups excluding tert-OH is 1. The number of aliphatic carboxylic acids is 2. The predicted octanol–water partition coefficient (Wildman–Crippen LogP) is -3.08. The molecule has 0 radical (unpaired) electrons. The molecule has 4 amide bonds. The number of primary amides is 1. The van der Waals surface area contributed by atoms with E-state index in [0.717, 1.165) is 0 Å². The maximum atomic E-state index is 13.1. The van der Waals surface area contributed by atoms with Crippen LogP contribution in [0.1, 0.15) is 31.2 Å². The number of hydrogen-bond acceptors (Lipinski definition) is 9. The van der Waals surface area contributed by atoms with Gasteiger partial charge in [-0.15, -0.1) is 0 Å². The van der Waals surface area contributed by atoms with Crippen molar-refractivity contribution in [2.75, 3.05) is 6.61 Å². The molecule has 0 aliphatic rings. The Hall–Kier alpha value is -4.24. The van der Waals surface area contributed by atoms with Crippen LogP contribution in [0.25, 0.3) is 0 Å². The molecular formula is C22H31N5O10. The van der Waals surface area contributed by atoms with Crippen molar-refractivity contribution in [3.8, 4) is 5.75 Å². The number of nitrogens with one attached hydrogen (secondary N) is 3. The number of carboxylic acid groups (broad SMARTS) is 2. The zero-order chi connectivity index (χ0) is 28.1. The van der Waals surface area contributed by atoms with Crippen molar-refractivity contribution >= 4 is 35.6 Å². The molecule has 1 aromatic rings. The summed E-state index contributed by atoms with van der Waals surface area (Å²) in [6.07, 6.45) is -1.42. The first-order valence-electron chi connectivity index (χ1n) is 11.1. The fourth-order valence-corrected chi connectivity index (χ4v) is 3.05. The minimum Gasteiger partial charge on any atom is -0.508 e. The molecule has 0 saturated heterocycles. The van der Waals surface area contributed by atoms with Crippen LogP contribution in [-0.2, 0) is 35.2 Å². The summed E-state index contributed by atoms with van der Waals surface area (Å²) in [4.78, 5) is 71.4. The van der Waals surface area contributed by atoms with E-state index in [1.807, 2.05) is 5.32 Å². The third-order valence-corrected chi connectivity index (χ3v) is 5.12. The van der Waals surface area contributed by atoms with Gasteiger partial charge in [0, 0.05) is 19.3 Å². The standard InChI is InChI=1S/C22H31N5O10/c23-13(5-7-17(24)30)19(33)26-15(9-11-1-3-12(29)4-2-11)21(35)25-14(6-8-18(31)32)20(34)27-16(10-28)22(36)37/h1-4,13-16,28-29H,5-10,23H2,(H2,24,30)(H,25,35)(H,26,33)(H,27,34)(H,31,32)(H,36,37). The van der Waals surface area contributed by atoms with Crippen molar-refractivity contribution in [1.82, 2.24) is 16.0 Å². The van der Waals surface area contributed by atoms with Gasteiger partial charge in [-0.05, 0) is 30.5 Å². The number of aliphatic hydroxyl groups is 1. The van der Waals surface area contributed by atoms with Crippen LogP contribution in [0.15, 0.2) is 24.3 Å². The molecule has 204 valence electrons. The summed E-state index contributed by atoms with van der Waals surface area (Å²) in [5.74, 6) is -6.38. The second kappa shape index (κ2) is 15.0. The fraction of sp³-hybridized carbons (Fsp3) is 0.455. The average molecular weight is 526 g/mol. The third kappa shape index (κ3) is 11.4. The Morgan fingerprint density at radius 1 is 0.784 bits per heavy atom. The summed E-state index contributed by atoms with van der Waals surface area (Å²) in [5, 5.41) is 43.4. The molecule has 1 aromatic carbocycles. The molecule has 0 saturated carbocycles. The number of carbonyl (C=O) groups is 6. The van der Waals surface area contributed by atoms with Crippen LogP contribution >= 0.6 is 0 Å². The van der Waals surface area contributed by atoms with Crippen LogP contribution in [0.2, 0.25) is 0 Å². The molecule has 1 rings (SSSR count). The maximum absolute atomic E-state index is 13.1. The Kier molecular flexibility index (Phi) is 12.5. The normalized spacial score (nSPS) is 13.9. The lowest BCUT2D eigenvalue weighted by Gasteiger charge is -2.25. The molecule has 0 aliphatic carbocycles. The molecule has 11 N–H and O–H groups in total. The summed E-state index contributed by atoms with van der Waals surface area (Å²) in [6, 6.07) is -0.139. The van der Waals surface area contributed by atoms with E-state index in [-0.39, 0.29) is 25.0 Å². The van der Waals surface area contributed by atoms with Crippen LogP contribution in [0.3, 0.4) is 0 Å². The van der Waals surface area contributed by atoms with E-state index < -0.39 is 79.2 Å². The summed E-state index contributed by atoms with van der Waals surface area (Å²) in [6.45, 7) is -0.955. The van der Waals surface area contributed by atoms with Gasteiger partial charge < -0.3 is 47.8 Å². The van der Waals surface area contributed by atoms with Gasteiger partial charge in [0.15, 0.2) is 0 Å². The molecule has 4 unspecified atom stereocenters. The number of phenolic OH excluding ortho intramolecular Hbond substituents is 1. The van der Waals surface area contributed by atoms with Gasteiger partial charge in [-0.1, -0.05) is 12.1 Å². The van der Waals surface area contributed by atoms with Gasteiger partial charge in [-0.25, -0.2) is 4.79 Å². The number of hydrogen-bond donors (Lipinski definition) is 9. The number of carboxylic acids is 2. The van der Waals surface area contributed by atoms with Crippen LogP contribution in [0.4, 0.5) is 0 Å². The first kappa shape index (κ1) is 30.8. The number of phenols is 1. The maximum Gasteiger partial charge on any atom is 0.328 e. The zero-order valence-corrected chi connectivity index (χ0v) is 19.8. The number of carbonyl (C=O) groups excluding carboxylic acids is 4. The molecule has 4 atom stereocenters. The molecule has 0 aromatic heterocycles. The van der Waals surface area contributed by atoms with Crippen LogP contribution in [0.5, 0.6) is 5.75 Å². The van der Waals surface area contributed by atoms with E-state index in [1.54, 1.807) is 0 Å². The average Bonchev–Trinajstić information content (AvgIpc) is 2.83. The Morgan fingerprint density at radius 2 is 1.32 bits per heavy atom. The highest BCUT2D eigenvalue weighted by molar-refractivity contribution is 5.94. The zero-order valence-electron chi connectivity index (χ0n) is 19.8. The smallest absolute Gasteiger partial charge is 0.328 e. The minimum absolute atomic E-state index is 0.0514. The lowest BCUT2D eigenvalue weighted by molar-refractivity contribution is -0.144.